The summed E-state index contributed by atoms with van der Waals surface area (Å²) in [5.74, 6) is 0.434. The van der Waals surface area contributed by atoms with E-state index in [9.17, 15) is 9.90 Å². The maximum absolute atomic E-state index is 11.8. The van der Waals surface area contributed by atoms with Crippen LogP contribution in [0.15, 0.2) is 0 Å². The minimum absolute atomic E-state index is 0.153. The van der Waals surface area contributed by atoms with E-state index in [-0.39, 0.29) is 17.9 Å². The lowest BCUT2D eigenvalue weighted by atomic mass is 9.97. The number of likely N-dealkylation sites (tertiary alicyclic amines) is 1. The van der Waals surface area contributed by atoms with E-state index < -0.39 is 0 Å². The summed E-state index contributed by atoms with van der Waals surface area (Å²) in [7, 11) is 0. The molecular weight excluding hydrogens is 216 g/mol. The van der Waals surface area contributed by atoms with E-state index in [2.05, 4.69) is 10.2 Å². The molecule has 2 aliphatic rings. The average Bonchev–Trinajstić information content (AvgIpc) is 2.76. The van der Waals surface area contributed by atoms with Crippen molar-refractivity contribution >= 4 is 5.91 Å². The van der Waals surface area contributed by atoms with E-state index in [4.69, 9.17) is 0 Å². The Labute approximate surface area is 103 Å². The first-order valence-corrected chi connectivity index (χ1v) is 6.85. The fourth-order valence-electron chi connectivity index (χ4n) is 2.91. The van der Waals surface area contributed by atoms with Crippen LogP contribution in [-0.2, 0) is 4.79 Å². The Morgan fingerprint density at radius 3 is 2.71 bits per heavy atom. The summed E-state index contributed by atoms with van der Waals surface area (Å²) in [6.45, 7) is 4.21. The Hall–Kier alpha value is -0.610. The number of hydrogen-bond donors (Lipinski definition) is 2. The second-order valence-electron chi connectivity index (χ2n) is 5.62. The number of carbonyl (C=O) groups is 1. The van der Waals surface area contributed by atoms with Crippen LogP contribution in [0.25, 0.3) is 0 Å². The maximum Gasteiger partial charge on any atom is 0.234 e. The molecule has 1 heterocycles. The van der Waals surface area contributed by atoms with Gasteiger partial charge in [-0.2, -0.15) is 0 Å². The van der Waals surface area contributed by atoms with Gasteiger partial charge in [0.2, 0.25) is 5.91 Å². The third-order valence-corrected chi connectivity index (χ3v) is 4.03. The van der Waals surface area contributed by atoms with Gasteiger partial charge in [0, 0.05) is 19.1 Å². The SMILES string of the molecule is CC1CN(CC(=O)NC2CCCC2)CCC1O. The Morgan fingerprint density at radius 2 is 2.06 bits per heavy atom. The summed E-state index contributed by atoms with van der Waals surface area (Å²) in [5, 5.41) is 12.7. The quantitative estimate of drug-likeness (QED) is 0.765. The highest BCUT2D eigenvalue weighted by atomic mass is 16.3. The van der Waals surface area contributed by atoms with E-state index in [0.29, 0.717) is 12.6 Å². The van der Waals surface area contributed by atoms with Gasteiger partial charge in [-0.15, -0.1) is 0 Å². The number of nitrogens with one attached hydrogen (secondary N) is 1. The minimum atomic E-state index is -0.191. The highest BCUT2D eigenvalue weighted by molar-refractivity contribution is 5.78. The van der Waals surface area contributed by atoms with Gasteiger partial charge in [-0.25, -0.2) is 0 Å². The van der Waals surface area contributed by atoms with Crippen molar-refractivity contribution in [1.29, 1.82) is 0 Å². The van der Waals surface area contributed by atoms with Gasteiger partial charge in [-0.1, -0.05) is 19.8 Å². The molecule has 2 fully saturated rings. The molecule has 1 saturated carbocycles. The normalized spacial score (nSPS) is 31.6. The summed E-state index contributed by atoms with van der Waals surface area (Å²) in [5.41, 5.74) is 0. The third kappa shape index (κ3) is 3.68. The number of aliphatic hydroxyl groups excluding tert-OH is 1. The van der Waals surface area contributed by atoms with E-state index in [1.807, 2.05) is 6.92 Å². The zero-order chi connectivity index (χ0) is 12.3. The summed E-state index contributed by atoms with van der Waals surface area (Å²) in [6.07, 6.45) is 5.37. The zero-order valence-electron chi connectivity index (χ0n) is 10.7. The maximum atomic E-state index is 11.8. The van der Waals surface area contributed by atoms with Gasteiger partial charge in [0.05, 0.1) is 12.6 Å². The van der Waals surface area contributed by atoms with Crippen LogP contribution in [0, 0.1) is 5.92 Å². The van der Waals surface area contributed by atoms with Gasteiger partial charge in [0.1, 0.15) is 0 Å². The van der Waals surface area contributed by atoms with Crippen LogP contribution >= 0.6 is 0 Å². The van der Waals surface area contributed by atoms with Gasteiger partial charge in [0.15, 0.2) is 0 Å². The molecule has 1 saturated heterocycles. The summed E-state index contributed by atoms with van der Waals surface area (Å²) < 4.78 is 0. The summed E-state index contributed by atoms with van der Waals surface area (Å²) >= 11 is 0. The first-order valence-electron chi connectivity index (χ1n) is 6.85. The molecule has 1 aliphatic carbocycles. The monoisotopic (exact) mass is 240 g/mol. The van der Waals surface area contributed by atoms with E-state index >= 15 is 0 Å². The highest BCUT2D eigenvalue weighted by Crippen LogP contribution is 2.18. The lowest BCUT2D eigenvalue weighted by Crippen LogP contribution is -2.47. The number of carbonyl (C=O) groups excluding carboxylic acids is 1. The van der Waals surface area contributed by atoms with Gasteiger partial charge in [-0.05, 0) is 25.2 Å². The Morgan fingerprint density at radius 1 is 1.35 bits per heavy atom. The van der Waals surface area contributed by atoms with E-state index in [0.717, 1.165) is 32.4 Å². The number of rotatable bonds is 3. The van der Waals surface area contributed by atoms with Crippen molar-refractivity contribution < 1.29 is 9.90 Å². The van der Waals surface area contributed by atoms with E-state index in [1.54, 1.807) is 0 Å². The number of amides is 1. The van der Waals surface area contributed by atoms with Crippen LogP contribution < -0.4 is 5.32 Å². The molecule has 0 aromatic heterocycles. The first-order chi connectivity index (χ1) is 8.15. The molecule has 1 aliphatic heterocycles. The fraction of sp³-hybridized carbons (Fsp3) is 0.923. The Bertz CT molecular complexity index is 264. The standard InChI is InChI=1S/C13H24N2O2/c1-10-8-15(7-6-12(10)16)9-13(17)14-11-4-2-3-5-11/h10-12,16H,2-9H2,1H3,(H,14,17). The molecule has 2 rings (SSSR count). The molecule has 17 heavy (non-hydrogen) atoms. The molecule has 98 valence electrons. The van der Waals surface area contributed by atoms with Gasteiger partial charge < -0.3 is 10.4 Å². The van der Waals surface area contributed by atoms with Gasteiger partial charge >= 0.3 is 0 Å². The average molecular weight is 240 g/mol. The largest absolute Gasteiger partial charge is 0.393 e. The molecule has 2 unspecified atom stereocenters. The first kappa shape index (κ1) is 12.8. The topological polar surface area (TPSA) is 52.6 Å². The summed E-state index contributed by atoms with van der Waals surface area (Å²) in [4.78, 5) is 14.0. The lowest BCUT2D eigenvalue weighted by Gasteiger charge is -2.34. The Kier molecular flexibility index (Phi) is 4.40. The number of hydrogen-bond acceptors (Lipinski definition) is 3. The number of piperidine rings is 1. The molecule has 4 nitrogen and oxygen atoms in total. The number of nitrogens with zero attached hydrogens (tertiary/aromatic N) is 1. The predicted molar refractivity (Wildman–Crippen MR) is 66.6 cm³/mol. The molecule has 0 spiro atoms. The van der Waals surface area contributed by atoms with Crippen molar-refractivity contribution in [3.8, 4) is 0 Å². The molecule has 2 N–H and O–H groups in total. The lowest BCUT2D eigenvalue weighted by molar-refractivity contribution is -0.123. The molecule has 4 heteroatoms. The predicted octanol–water partition coefficient (Wildman–Crippen LogP) is 0.748. The zero-order valence-corrected chi connectivity index (χ0v) is 10.7. The molecule has 0 aromatic rings. The van der Waals surface area contributed by atoms with Crippen molar-refractivity contribution in [3.05, 3.63) is 0 Å². The van der Waals surface area contributed by atoms with Crippen LogP contribution in [0.3, 0.4) is 0 Å². The number of aliphatic hydroxyl groups is 1. The molecule has 0 aromatic carbocycles. The van der Waals surface area contributed by atoms with Crippen molar-refractivity contribution in [3.63, 3.8) is 0 Å². The molecule has 1 amide bonds. The van der Waals surface area contributed by atoms with Crippen LogP contribution in [0.4, 0.5) is 0 Å². The van der Waals surface area contributed by atoms with Crippen molar-refractivity contribution in [2.45, 2.75) is 51.2 Å². The summed E-state index contributed by atoms with van der Waals surface area (Å²) in [6, 6.07) is 0.412. The smallest absolute Gasteiger partial charge is 0.234 e. The molecule has 0 radical (unpaired) electrons. The van der Waals surface area contributed by atoms with E-state index in [1.165, 1.54) is 12.8 Å². The van der Waals surface area contributed by atoms with Crippen LogP contribution in [0.1, 0.15) is 39.0 Å². The second-order valence-corrected chi connectivity index (χ2v) is 5.62. The van der Waals surface area contributed by atoms with Crippen molar-refractivity contribution in [1.82, 2.24) is 10.2 Å². The van der Waals surface area contributed by atoms with Crippen LogP contribution in [-0.4, -0.2) is 47.7 Å². The molecule has 2 atom stereocenters. The van der Waals surface area contributed by atoms with Crippen LogP contribution in [0.5, 0.6) is 0 Å². The van der Waals surface area contributed by atoms with Crippen LogP contribution in [0.2, 0.25) is 0 Å². The molecule has 0 bridgehead atoms. The van der Waals surface area contributed by atoms with Crippen molar-refractivity contribution in [2.75, 3.05) is 19.6 Å². The van der Waals surface area contributed by atoms with Gasteiger partial charge in [-0.3, -0.25) is 9.69 Å². The second kappa shape index (κ2) is 5.83. The highest BCUT2D eigenvalue weighted by Gasteiger charge is 2.26. The Balaban J connectivity index is 1.71. The van der Waals surface area contributed by atoms with Gasteiger partial charge in [0.25, 0.3) is 0 Å². The minimum Gasteiger partial charge on any atom is -0.393 e. The fourth-order valence-corrected chi connectivity index (χ4v) is 2.91. The molecular formula is C13H24N2O2. The third-order valence-electron chi connectivity index (χ3n) is 4.03. The van der Waals surface area contributed by atoms with Crippen molar-refractivity contribution in [2.24, 2.45) is 5.92 Å².